The molecule has 0 amide bonds. The smallest absolute Gasteiger partial charge is 0.260 e. The first-order valence-corrected chi connectivity index (χ1v) is 9.38. The summed E-state index contributed by atoms with van der Waals surface area (Å²) in [5.41, 5.74) is 1.48. The Bertz CT molecular complexity index is 559. The van der Waals surface area contributed by atoms with E-state index in [0.717, 1.165) is 18.5 Å². The lowest BCUT2D eigenvalue weighted by Crippen LogP contribution is -2.45. The predicted octanol–water partition coefficient (Wildman–Crippen LogP) is 1.00. The van der Waals surface area contributed by atoms with Crippen molar-refractivity contribution in [2.75, 3.05) is 19.8 Å². The third-order valence-corrected chi connectivity index (χ3v) is 6.72. The van der Waals surface area contributed by atoms with Crippen LogP contribution in [0.5, 0.6) is 0 Å². The van der Waals surface area contributed by atoms with Gasteiger partial charge in [-0.15, -0.1) is 0 Å². The maximum atomic E-state index is 12.4. The molecule has 0 spiro atoms. The topological polar surface area (TPSA) is 86.9 Å². The standard InChI is InChI=1S/C12H22N4O2S2/c1-9-10(7-13-2)11(16-15-9)20(17,18)14-8-12(19-3)5-4-6-12/h13-14H,4-8H2,1-3H3,(H,15,16). The van der Waals surface area contributed by atoms with E-state index in [9.17, 15) is 8.42 Å². The highest BCUT2D eigenvalue weighted by Gasteiger charge is 2.37. The highest BCUT2D eigenvalue weighted by Crippen LogP contribution is 2.42. The van der Waals surface area contributed by atoms with Gasteiger partial charge in [-0.1, -0.05) is 6.42 Å². The summed E-state index contributed by atoms with van der Waals surface area (Å²) >= 11 is 1.75. The molecule has 1 aliphatic carbocycles. The zero-order valence-corrected chi connectivity index (χ0v) is 13.7. The van der Waals surface area contributed by atoms with Crippen LogP contribution in [0, 0.1) is 6.92 Å². The summed E-state index contributed by atoms with van der Waals surface area (Å²) in [7, 11) is -1.77. The Labute approximate surface area is 124 Å². The number of aryl methyl sites for hydroxylation is 1. The fourth-order valence-electron chi connectivity index (χ4n) is 2.36. The maximum Gasteiger partial charge on any atom is 0.260 e. The zero-order valence-electron chi connectivity index (χ0n) is 12.1. The van der Waals surface area contributed by atoms with Gasteiger partial charge in [-0.3, -0.25) is 5.10 Å². The average Bonchev–Trinajstić information content (AvgIpc) is 2.72. The Balaban J connectivity index is 2.14. The van der Waals surface area contributed by atoms with Gasteiger partial charge in [-0.05, 0) is 33.1 Å². The molecule has 0 aliphatic heterocycles. The summed E-state index contributed by atoms with van der Waals surface area (Å²) in [6.45, 7) is 2.78. The third-order valence-electron chi connectivity index (χ3n) is 3.93. The van der Waals surface area contributed by atoms with Crippen molar-refractivity contribution in [3.63, 3.8) is 0 Å². The van der Waals surface area contributed by atoms with Gasteiger partial charge in [0.1, 0.15) is 0 Å². The number of sulfonamides is 1. The van der Waals surface area contributed by atoms with Gasteiger partial charge >= 0.3 is 0 Å². The molecule has 1 fully saturated rings. The van der Waals surface area contributed by atoms with Crippen LogP contribution in [0.2, 0.25) is 0 Å². The van der Waals surface area contributed by atoms with E-state index >= 15 is 0 Å². The van der Waals surface area contributed by atoms with E-state index in [2.05, 4.69) is 20.2 Å². The maximum absolute atomic E-state index is 12.4. The molecule has 1 aromatic rings. The second-order valence-electron chi connectivity index (χ2n) is 5.23. The number of hydrogen-bond donors (Lipinski definition) is 3. The lowest BCUT2D eigenvalue weighted by molar-refractivity contribution is 0.361. The monoisotopic (exact) mass is 318 g/mol. The molecule has 2 rings (SSSR count). The van der Waals surface area contributed by atoms with Gasteiger partial charge in [0.25, 0.3) is 10.0 Å². The molecular formula is C12H22N4O2S2. The van der Waals surface area contributed by atoms with Gasteiger partial charge in [0.05, 0.1) is 0 Å². The SMILES string of the molecule is CNCc1c(S(=O)(=O)NCC2(SC)CCC2)n[nH]c1C. The average molecular weight is 318 g/mol. The Morgan fingerprint density at radius 3 is 2.65 bits per heavy atom. The lowest BCUT2D eigenvalue weighted by Gasteiger charge is -2.40. The summed E-state index contributed by atoms with van der Waals surface area (Å²) in [6, 6.07) is 0. The molecule has 1 aliphatic rings. The highest BCUT2D eigenvalue weighted by molar-refractivity contribution is 8.00. The Morgan fingerprint density at radius 1 is 1.45 bits per heavy atom. The van der Waals surface area contributed by atoms with Crippen LogP contribution >= 0.6 is 11.8 Å². The van der Waals surface area contributed by atoms with Crippen LogP contribution in [0.15, 0.2) is 5.03 Å². The van der Waals surface area contributed by atoms with Crippen molar-refractivity contribution in [3.8, 4) is 0 Å². The van der Waals surface area contributed by atoms with Crippen LogP contribution in [-0.2, 0) is 16.6 Å². The second-order valence-corrected chi connectivity index (χ2v) is 8.18. The first-order valence-electron chi connectivity index (χ1n) is 6.67. The van der Waals surface area contributed by atoms with E-state index in [-0.39, 0.29) is 9.77 Å². The van der Waals surface area contributed by atoms with Gasteiger partial charge in [-0.25, -0.2) is 13.1 Å². The summed E-state index contributed by atoms with van der Waals surface area (Å²) in [6.07, 6.45) is 5.35. The molecule has 6 nitrogen and oxygen atoms in total. The van der Waals surface area contributed by atoms with E-state index in [4.69, 9.17) is 0 Å². The molecular weight excluding hydrogens is 296 g/mol. The quantitative estimate of drug-likeness (QED) is 0.698. The zero-order chi connectivity index (χ0) is 14.8. The van der Waals surface area contributed by atoms with Gasteiger partial charge in [0.2, 0.25) is 0 Å². The summed E-state index contributed by atoms with van der Waals surface area (Å²) in [5.74, 6) is 0. The molecule has 0 bridgehead atoms. The van der Waals surface area contributed by atoms with E-state index in [1.807, 2.05) is 13.2 Å². The number of thioether (sulfide) groups is 1. The molecule has 3 N–H and O–H groups in total. The minimum Gasteiger partial charge on any atom is -0.316 e. The Morgan fingerprint density at radius 2 is 2.15 bits per heavy atom. The van der Waals surface area contributed by atoms with Gasteiger partial charge in [0.15, 0.2) is 5.03 Å². The van der Waals surface area contributed by atoms with E-state index in [1.54, 1.807) is 18.8 Å². The van der Waals surface area contributed by atoms with Crippen LogP contribution in [0.3, 0.4) is 0 Å². The van der Waals surface area contributed by atoms with Crippen molar-refractivity contribution in [2.24, 2.45) is 0 Å². The van der Waals surface area contributed by atoms with Crippen LogP contribution in [0.1, 0.15) is 30.5 Å². The minimum atomic E-state index is -3.56. The molecule has 0 unspecified atom stereocenters. The van der Waals surface area contributed by atoms with Crippen LogP contribution in [-0.4, -0.2) is 43.2 Å². The van der Waals surface area contributed by atoms with Gasteiger partial charge in [-0.2, -0.15) is 16.9 Å². The van der Waals surface area contributed by atoms with Crippen molar-refractivity contribution < 1.29 is 8.42 Å². The first-order chi connectivity index (χ1) is 9.44. The Hall–Kier alpha value is -0.570. The van der Waals surface area contributed by atoms with E-state index < -0.39 is 10.0 Å². The summed E-state index contributed by atoms with van der Waals surface area (Å²) < 4.78 is 27.6. The van der Waals surface area contributed by atoms with Crippen LogP contribution in [0.4, 0.5) is 0 Å². The molecule has 20 heavy (non-hydrogen) atoms. The number of nitrogens with zero attached hydrogens (tertiary/aromatic N) is 1. The number of hydrogen-bond acceptors (Lipinski definition) is 5. The fourth-order valence-corrected chi connectivity index (χ4v) is 4.68. The third kappa shape index (κ3) is 3.03. The molecule has 114 valence electrons. The van der Waals surface area contributed by atoms with Crippen molar-refractivity contribution in [1.82, 2.24) is 20.2 Å². The number of aromatic nitrogens is 2. The van der Waals surface area contributed by atoms with Crippen LogP contribution in [0.25, 0.3) is 0 Å². The largest absolute Gasteiger partial charge is 0.316 e. The second kappa shape index (κ2) is 6.05. The summed E-state index contributed by atoms with van der Waals surface area (Å²) in [5, 5.41) is 9.79. The number of aromatic amines is 1. The van der Waals surface area contributed by atoms with Crippen molar-refractivity contribution >= 4 is 21.8 Å². The van der Waals surface area contributed by atoms with E-state index in [1.165, 1.54) is 6.42 Å². The lowest BCUT2D eigenvalue weighted by atomic mass is 9.84. The van der Waals surface area contributed by atoms with Gasteiger partial charge in [0, 0.05) is 29.1 Å². The van der Waals surface area contributed by atoms with Crippen LogP contribution < -0.4 is 10.0 Å². The predicted molar refractivity (Wildman–Crippen MR) is 81.4 cm³/mol. The molecule has 1 aromatic heterocycles. The molecule has 0 radical (unpaired) electrons. The fraction of sp³-hybridized carbons (Fsp3) is 0.750. The molecule has 0 atom stereocenters. The summed E-state index contributed by atoms with van der Waals surface area (Å²) in [4.78, 5) is 0. The molecule has 0 saturated heterocycles. The molecule has 0 aromatic carbocycles. The highest BCUT2D eigenvalue weighted by atomic mass is 32.2. The first kappa shape index (κ1) is 15.8. The minimum absolute atomic E-state index is 0.0710. The molecule has 8 heteroatoms. The number of H-pyrrole nitrogens is 1. The van der Waals surface area contributed by atoms with Crippen molar-refractivity contribution in [1.29, 1.82) is 0 Å². The molecule has 1 saturated carbocycles. The Kier molecular flexibility index (Phi) is 4.78. The number of nitrogens with one attached hydrogen (secondary N) is 3. The van der Waals surface area contributed by atoms with Gasteiger partial charge < -0.3 is 5.32 Å². The normalized spacial score (nSPS) is 17.9. The van der Waals surface area contributed by atoms with Crippen molar-refractivity contribution in [3.05, 3.63) is 11.3 Å². The van der Waals surface area contributed by atoms with E-state index in [0.29, 0.717) is 18.7 Å². The number of rotatable bonds is 7. The molecule has 1 heterocycles. The van der Waals surface area contributed by atoms with Crippen molar-refractivity contribution in [2.45, 2.75) is 42.5 Å².